The maximum absolute atomic E-state index is 12.1. The predicted molar refractivity (Wildman–Crippen MR) is 102 cm³/mol. The van der Waals surface area contributed by atoms with Crippen molar-refractivity contribution in [2.75, 3.05) is 18.7 Å². The Hall–Kier alpha value is -2.14. The fourth-order valence-corrected chi connectivity index (χ4v) is 2.97. The monoisotopic (exact) mass is 344 g/mol. The average Bonchev–Trinajstić information content (AvgIpc) is 2.57. The van der Waals surface area contributed by atoms with Gasteiger partial charge in [0.25, 0.3) is 0 Å². The smallest absolute Gasteiger partial charge is 0.319 e. The van der Waals surface area contributed by atoms with Gasteiger partial charge in [-0.3, -0.25) is 0 Å². The molecule has 1 atom stereocenters. The zero-order valence-corrected chi connectivity index (χ0v) is 15.2. The fraction of sp³-hybridized carbons (Fsp3) is 0.316. The summed E-state index contributed by atoms with van der Waals surface area (Å²) >= 11 is 1.78. The van der Waals surface area contributed by atoms with E-state index in [1.54, 1.807) is 18.9 Å². The molecule has 1 unspecified atom stereocenters. The van der Waals surface area contributed by atoms with Crippen molar-refractivity contribution in [1.29, 1.82) is 0 Å². The number of hydrogen-bond acceptors (Lipinski definition) is 3. The lowest BCUT2D eigenvalue weighted by molar-refractivity contribution is 0.249. The van der Waals surface area contributed by atoms with Crippen LogP contribution in [0, 0.1) is 0 Å². The van der Waals surface area contributed by atoms with E-state index in [1.165, 1.54) is 5.56 Å². The molecule has 0 radical (unpaired) electrons. The molecule has 0 bridgehead atoms. The van der Waals surface area contributed by atoms with Crippen molar-refractivity contribution in [3.05, 3.63) is 59.7 Å². The summed E-state index contributed by atoms with van der Waals surface area (Å²) in [5.74, 6) is 1.80. The highest BCUT2D eigenvalue weighted by Crippen LogP contribution is 2.15. The lowest BCUT2D eigenvalue weighted by Crippen LogP contribution is -2.37. The number of benzene rings is 2. The first-order valence-electron chi connectivity index (χ1n) is 7.89. The van der Waals surface area contributed by atoms with Gasteiger partial charge in [-0.25, -0.2) is 4.79 Å². The van der Waals surface area contributed by atoms with Gasteiger partial charge in [0.1, 0.15) is 5.75 Å². The summed E-state index contributed by atoms with van der Waals surface area (Å²) in [4.78, 5) is 12.1. The van der Waals surface area contributed by atoms with Gasteiger partial charge in [0.05, 0.1) is 7.11 Å². The zero-order chi connectivity index (χ0) is 17.4. The van der Waals surface area contributed by atoms with Crippen molar-refractivity contribution in [2.24, 2.45) is 0 Å². The minimum atomic E-state index is -0.192. The Kier molecular flexibility index (Phi) is 7.00. The van der Waals surface area contributed by atoms with Crippen LogP contribution in [-0.4, -0.2) is 25.4 Å². The van der Waals surface area contributed by atoms with Crippen LogP contribution in [0.3, 0.4) is 0 Å². The molecule has 0 aromatic heterocycles. The topological polar surface area (TPSA) is 50.4 Å². The first kappa shape index (κ1) is 18.2. The summed E-state index contributed by atoms with van der Waals surface area (Å²) in [7, 11) is 1.65. The molecule has 2 aromatic rings. The van der Waals surface area contributed by atoms with Crippen molar-refractivity contribution in [2.45, 2.75) is 25.1 Å². The Morgan fingerprint density at radius 1 is 1.17 bits per heavy atom. The standard InChI is InChI=1S/C19H24N2O2S/c1-14(11-16-5-4-6-18(12-16)23-2)20-19(22)21-17-9-7-15(8-10-17)13-24-3/h4-10,12,14H,11,13H2,1-3H3,(H2,20,21,22). The molecule has 2 aromatic carbocycles. The normalized spacial score (nSPS) is 11.6. The summed E-state index contributed by atoms with van der Waals surface area (Å²) in [5.41, 5.74) is 3.18. The number of methoxy groups -OCH3 is 1. The summed E-state index contributed by atoms with van der Waals surface area (Å²) < 4.78 is 5.22. The number of anilines is 1. The zero-order valence-electron chi connectivity index (χ0n) is 14.3. The van der Waals surface area contributed by atoms with Crippen LogP contribution in [0.15, 0.2) is 48.5 Å². The summed E-state index contributed by atoms with van der Waals surface area (Å²) in [6, 6.07) is 15.6. The van der Waals surface area contributed by atoms with E-state index in [0.29, 0.717) is 0 Å². The second kappa shape index (κ2) is 9.23. The van der Waals surface area contributed by atoms with Crippen molar-refractivity contribution in [1.82, 2.24) is 5.32 Å². The maximum Gasteiger partial charge on any atom is 0.319 e. The third-order valence-electron chi connectivity index (χ3n) is 3.58. The van der Waals surface area contributed by atoms with E-state index in [-0.39, 0.29) is 12.1 Å². The van der Waals surface area contributed by atoms with Gasteiger partial charge >= 0.3 is 6.03 Å². The highest BCUT2D eigenvalue weighted by Gasteiger charge is 2.09. The minimum absolute atomic E-state index is 0.0212. The summed E-state index contributed by atoms with van der Waals surface area (Å²) in [6.07, 6.45) is 2.82. The molecule has 0 heterocycles. The number of hydrogen-bond donors (Lipinski definition) is 2. The van der Waals surface area contributed by atoms with Crippen LogP contribution < -0.4 is 15.4 Å². The van der Waals surface area contributed by atoms with Gasteiger partial charge in [-0.1, -0.05) is 24.3 Å². The summed E-state index contributed by atoms with van der Waals surface area (Å²) in [6.45, 7) is 1.99. The second-order valence-corrected chi connectivity index (χ2v) is 6.55. The first-order valence-corrected chi connectivity index (χ1v) is 9.28. The van der Waals surface area contributed by atoms with Crippen LogP contribution in [0.1, 0.15) is 18.1 Å². The molecule has 0 saturated heterocycles. The maximum atomic E-state index is 12.1. The minimum Gasteiger partial charge on any atom is -0.497 e. The molecular formula is C19H24N2O2S. The number of carbonyl (C=O) groups excluding carboxylic acids is 1. The molecule has 4 nitrogen and oxygen atoms in total. The number of urea groups is 1. The van der Waals surface area contributed by atoms with E-state index in [1.807, 2.05) is 55.5 Å². The lowest BCUT2D eigenvalue weighted by atomic mass is 10.1. The van der Waals surface area contributed by atoms with Gasteiger partial charge in [0, 0.05) is 17.5 Å². The quantitative estimate of drug-likeness (QED) is 0.787. The highest BCUT2D eigenvalue weighted by atomic mass is 32.2. The highest BCUT2D eigenvalue weighted by molar-refractivity contribution is 7.97. The van der Waals surface area contributed by atoms with Gasteiger partial charge in [-0.05, 0) is 55.0 Å². The van der Waals surface area contributed by atoms with E-state index in [0.717, 1.165) is 29.2 Å². The molecular weight excluding hydrogens is 320 g/mol. The molecule has 0 spiro atoms. The average molecular weight is 344 g/mol. The van der Waals surface area contributed by atoms with E-state index < -0.39 is 0 Å². The van der Waals surface area contributed by atoms with Crippen molar-refractivity contribution in [3.63, 3.8) is 0 Å². The van der Waals surface area contributed by atoms with Crippen LogP contribution in [0.25, 0.3) is 0 Å². The number of carbonyl (C=O) groups is 1. The molecule has 24 heavy (non-hydrogen) atoms. The van der Waals surface area contributed by atoms with Gasteiger partial charge in [0.15, 0.2) is 0 Å². The van der Waals surface area contributed by atoms with E-state index in [2.05, 4.69) is 16.9 Å². The molecule has 128 valence electrons. The Labute approximate surface area is 148 Å². The van der Waals surface area contributed by atoms with Crippen molar-refractivity contribution >= 4 is 23.5 Å². The molecule has 0 fully saturated rings. The Bertz CT molecular complexity index is 659. The van der Waals surface area contributed by atoms with E-state index >= 15 is 0 Å². The molecule has 0 aliphatic carbocycles. The van der Waals surface area contributed by atoms with Crippen molar-refractivity contribution < 1.29 is 9.53 Å². The van der Waals surface area contributed by atoms with Gasteiger partial charge in [-0.15, -0.1) is 0 Å². The van der Waals surface area contributed by atoms with Crippen LogP contribution in [0.5, 0.6) is 5.75 Å². The summed E-state index contributed by atoms with van der Waals surface area (Å²) in [5, 5.41) is 5.83. The number of ether oxygens (including phenoxy) is 1. The molecule has 5 heteroatoms. The predicted octanol–water partition coefficient (Wildman–Crippen LogP) is 4.31. The number of amides is 2. The molecule has 2 rings (SSSR count). The second-order valence-electron chi connectivity index (χ2n) is 5.69. The Balaban J connectivity index is 1.84. The van der Waals surface area contributed by atoms with Crippen LogP contribution >= 0.6 is 11.8 Å². The first-order chi connectivity index (χ1) is 11.6. The number of thioether (sulfide) groups is 1. The Morgan fingerprint density at radius 3 is 2.58 bits per heavy atom. The SMILES string of the molecule is COc1cccc(CC(C)NC(=O)Nc2ccc(CSC)cc2)c1. The lowest BCUT2D eigenvalue weighted by Gasteiger charge is -2.15. The van der Waals surface area contributed by atoms with Crippen LogP contribution in [-0.2, 0) is 12.2 Å². The molecule has 0 aliphatic rings. The van der Waals surface area contributed by atoms with E-state index in [9.17, 15) is 4.79 Å². The third-order valence-corrected chi connectivity index (χ3v) is 4.20. The third kappa shape index (κ3) is 5.81. The van der Waals surface area contributed by atoms with E-state index in [4.69, 9.17) is 4.74 Å². The molecule has 0 aliphatic heterocycles. The Morgan fingerprint density at radius 2 is 1.92 bits per heavy atom. The van der Waals surface area contributed by atoms with Crippen LogP contribution in [0.4, 0.5) is 10.5 Å². The largest absolute Gasteiger partial charge is 0.497 e. The van der Waals surface area contributed by atoms with Crippen LogP contribution in [0.2, 0.25) is 0 Å². The fourth-order valence-electron chi connectivity index (χ4n) is 2.45. The molecule has 2 amide bonds. The number of rotatable bonds is 7. The van der Waals surface area contributed by atoms with Crippen molar-refractivity contribution in [3.8, 4) is 5.75 Å². The molecule has 2 N–H and O–H groups in total. The molecule has 0 saturated carbocycles. The van der Waals surface area contributed by atoms with Gasteiger partial charge in [0.2, 0.25) is 0 Å². The van der Waals surface area contributed by atoms with Gasteiger partial charge in [-0.2, -0.15) is 11.8 Å². The van der Waals surface area contributed by atoms with Gasteiger partial charge < -0.3 is 15.4 Å². The number of nitrogens with one attached hydrogen (secondary N) is 2.